The first-order chi connectivity index (χ1) is 38.0. The molecule has 0 aliphatic carbocycles. The van der Waals surface area contributed by atoms with Gasteiger partial charge >= 0.3 is 17.9 Å². The summed E-state index contributed by atoms with van der Waals surface area (Å²) in [7, 11) is 0. The first-order valence-electron chi connectivity index (χ1n) is 32.7. The molecule has 1 unspecified atom stereocenters. The highest BCUT2D eigenvalue weighted by Gasteiger charge is 2.19. The fraction of sp³-hybridized carbons (Fsp3) is 0.732. The van der Waals surface area contributed by atoms with Crippen molar-refractivity contribution >= 4 is 17.9 Å². The van der Waals surface area contributed by atoms with Crippen molar-refractivity contribution in [2.24, 2.45) is 0 Å². The molecule has 0 aromatic rings. The molecule has 0 aromatic heterocycles. The van der Waals surface area contributed by atoms with Gasteiger partial charge in [-0.15, -0.1) is 0 Å². The molecule has 0 aliphatic heterocycles. The van der Waals surface area contributed by atoms with E-state index in [2.05, 4.69) is 118 Å². The fourth-order valence-electron chi connectivity index (χ4n) is 9.18. The molecule has 0 spiro atoms. The molecule has 0 amide bonds. The summed E-state index contributed by atoms with van der Waals surface area (Å²) >= 11 is 0. The molecule has 0 bridgehead atoms. The predicted molar refractivity (Wildman–Crippen MR) is 334 cm³/mol. The molecule has 77 heavy (non-hydrogen) atoms. The number of carbonyl (C=O) groups is 3. The molecular formula is C71H122O6. The van der Waals surface area contributed by atoms with E-state index in [4.69, 9.17) is 14.2 Å². The minimum absolute atomic E-state index is 0.0818. The number of ether oxygens (including phenoxy) is 3. The van der Waals surface area contributed by atoms with Crippen LogP contribution in [0.2, 0.25) is 0 Å². The Morgan fingerprint density at radius 3 is 0.805 bits per heavy atom. The highest BCUT2D eigenvalue weighted by molar-refractivity contribution is 5.71. The Morgan fingerprint density at radius 2 is 0.506 bits per heavy atom. The number of carbonyl (C=O) groups excluding carboxylic acids is 3. The van der Waals surface area contributed by atoms with Crippen LogP contribution >= 0.6 is 0 Å². The number of hydrogen-bond donors (Lipinski definition) is 0. The van der Waals surface area contributed by atoms with Crippen molar-refractivity contribution in [1.29, 1.82) is 0 Å². The Balaban J connectivity index is 4.26. The molecule has 0 heterocycles. The van der Waals surface area contributed by atoms with Gasteiger partial charge in [0.05, 0.1) is 0 Å². The molecule has 0 saturated carbocycles. The van der Waals surface area contributed by atoms with Crippen LogP contribution in [-0.2, 0) is 28.6 Å². The summed E-state index contributed by atoms with van der Waals surface area (Å²) in [5.41, 5.74) is 0. The second-order valence-electron chi connectivity index (χ2n) is 21.6. The second-order valence-corrected chi connectivity index (χ2v) is 21.6. The quantitative estimate of drug-likeness (QED) is 0.0261. The average Bonchev–Trinajstić information content (AvgIpc) is 3.43. The van der Waals surface area contributed by atoms with Crippen molar-refractivity contribution in [2.75, 3.05) is 13.2 Å². The van der Waals surface area contributed by atoms with Crippen LogP contribution < -0.4 is 0 Å². The number of hydrogen-bond acceptors (Lipinski definition) is 6. The van der Waals surface area contributed by atoms with Gasteiger partial charge in [0, 0.05) is 19.3 Å². The summed E-state index contributed by atoms with van der Waals surface area (Å²) in [6, 6.07) is 0. The Kier molecular flexibility index (Phi) is 61.8. The Hall–Kier alpha value is -3.67. The molecule has 0 aliphatic rings. The molecule has 0 radical (unpaired) electrons. The van der Waals surface area contributed by atoms with Crippen molar-refractivity contribution in [1.82, 2.24) is 0 Å². The standard InChI is InChI=1S/C71H122O6/c1-4-7-10-13-16-19-21-23-25-27-29-31-33-34-35-36-38-39-41-43-45-47-49-52-55-58-61-64-70(73)76-67-68(66-75-69(72)63-60-57-54-51-18-15-12-9-6-3)77-71(74)65-62-59-56-53-50-48-46-44-42-40-37-32-30-28-26-24-22-20-17-14-11-8-5-2/h7,10,16,19,23,25,28-31,34-35,38-39,43,45,68H,4-6,8-9,11-15,17-18,20-22,24,26-27,32-33,36-37,40-42,44,46-67H2,1-3H3/b10-7-,19-16-,25-23-,30-28-,31-29-,35-34-,39-38-,45-43-. The van der Waals surface area contributed by atoms with Gasteiger partial charge in [0.25, 0.3) is 0 Å². The maximum absolute atomic E-state index is 12.9. The van der Waals surface area contributed by atoms with Crippen molar-refractivity contribution in [3.63, 3.8) is 0 Å². The predicted octanol–water partition coefficient (Wildman–Crippen LogP) is 22.4. The molecule has 0 aromatic carbocycles. The molecule has 6 nitrogen and oxygen atoms in total. The van der Waals surface area contributed by atoms with Crippen LogP contribution in [0.25, 0.3) is 0 Å². The second kappa shape index (κ2) is 64.9. The topological polar surface area (TPSA) is 78.9 Å². The number of esters is 3. The minimum atomic E-state index is -0.785. The van der Waals surface area contributed by atoms with E-state index in [-0.39, 0.29) is 31.1 Å². The van der Waals surface area contributed by atoms with Gasteiger partial charge < -0.3 is 14.2 Å². The summed E-state index contributed by atoms with van der Waals surface area (Å²) in [4.78, 5) is 38.2. The maximum Gasteiger partial charge on any atom is 0.306 e. The van der Waals surface area contributed by atoms with E-state index in [9.17, 15) is 14.4 Å². The Morgan fingerprint density at radius 1 is 0.273 bits per heavy atom. The molecule has 0 rings (SSSR count). The van der Waals surface area contributed by atoms with E-state index in [0.717, 1.165) is 122 Å². The van der Waals surface area contributed by atoms with E-state index in [1.165, 1.54) is 154 Å². The summed E-state index contributed by atoms with van der Waals surface area (Å²) in [5.74, 6) is -0.895. The molecular weight excluding hydrogens is 949 g/mol. The lowest BCUT2D eigenvalue weighted by Crippen LogP contribution is -2.30. The summed E-state index contributed by atoms with van der Waals surface area (Å²) in [6.45, 7) is 6.52. The molecule has 0 saturated heterocycles. The van der Waals surface area contributed by atoms with Crippen LogP contribution in [0, 0.1) is 0 Å². The lowest BCUT2D eigenvalue weighted by atomic mass is 10.0. The molecule has 0 fully saturated rings. The molecule has 0 N–H and O–H groups in total. The molecule has 1 atom stereocenters. The number of unbranched alkanes of at least 4 members (excludes halogenated alkanes) is 32. The highest BCUT2D eigenvalue weighted by Crippen LogP contribution is 2.16. The minimum Gasteiger partial charge on any atom is -0.462 e. The van der Waals surface area contributed by atoms with Crippen molar-refractivity contribution in [2.45, 2.75) is 322 Å². The normalized spacial score (nSPS) is 12.7. The van der Waals surface area contributed by atoms with Crippen LogP contribution in [-0.4, -0.2) is 37.2 Å². The largest absolute Gasteiger partial charge is 0.462 e. The van der Waals surface area contributed by atoms with E-state index >= 15 is 0 Å². The lowest BCUT2D eigenvalue weighted by molar-refractivity contribution is -0.167. The van der Waals surface area contributed by atoms with Gasteiger partial charge in [-0.1, -0.05) is 291 Å². The van der Waals surface area contributed by atoms with Crippen LogP contribution in [0.3, 0.4) is 0 Å². The third kappa shape index (κ3) is 63.0. The van der Waals surface area contributed by atoms with Crippen molar-refractivity contribution < 1.29 is 28.6 Å². The van der Waals surface area contributed by atoms with E-state index in [0.29, 0.717) is 19.3 Å². The van der Waals surface area contributed by atoms with Gasteiger partial charge in [-0.3, -0.25) is 14.4 Å². The smallest absolute Gasteiger partial charge is 0.306 e. The zero-order chi connectivity index (χ0) is 55.7. The van der Waals surface area contributed by atoms with Gasteiger partial charge in [0.1, 0.15) is 13.2 Å². The zero-order valence-corrected chi connectivity index (χ0v) is 50.7. The summed E-state index contributed by atoms with van der Waals surface area (Å²) < 4.78 is 16.9. The van der Waals surface area contributed by atoms with Gasteiger partial charge in [-0.05, 0) is 103 Å². The van der Waals surface area contributed by atoms with Crippen LogP contribution in [0.1, 0.15) is 316 Å². The SMILES string of the molecule is CC/C=C\C/C=C\C/C=C\C/C=C\C/C=C\C/C=C\C/C=C\CCCCCCCC(=O)OCC(COC(=O)CCCCCCCCCCC)OC(=O)CCCCCCCCCCCCC/C=C\CCCCCCCCCC. The lowest BCUT2D eigenvalue weighted by Gasteiger charge is -2.18. The van der Waals surface area contributed by atoms with Gasteiger partial charge in [0.2, 0.25) is 0 Å². The van der Waals surface area contributed by atoms with Gasteiger partial charge in [0.15, 0.2) is 6.10 Å². The average molecular weight is 1070 g/mol. The number of rotatable bonds is 59. The summed E-state index contributed by atoms with van der Waals surface area (Å²) in [6.07, 6.45) is 87.1. The number of allylic oxidation sites excluding steroid dienone is 16. The van der Waals surface area contributed by atoms with E-state index in [1.807, 2.05) is 0 Å². The van der Waals surface area contributed by atoms with Crippen molar-refractivity contribution in [3.05, 3.63) is 97.2 Å². The van der Waals surface area contributed by atoms with E-state index < -0.39 is 6.10 Å². The van der Waals surface area contributed by atoms with Gasteiger partial charge in [-0.25, -0.2) is 0 Å². The first kappa shape index (κ1) is 73.3. The van der Waals surface area contributed by atoms with E-state index in [1.54, 1.807) is 0 Å². The zero-order valence-electron chi connectivity index (χ0n) is 50.7. The highest BCUT2D eigenvalue weighted by atomic mass is 16.6. The van der Waals surface area contributed by atoms with Crippen LogP contribution in [0.4, 0.5) is 0 Å². The van der Waals surface area contributed by atoms with Gasteiger partial charge in [-0.2, -0.15) is 0 Å². The fourth-order valence-corrected chi connectivity index (χ4v) is 9.18. The maximum atomic E-state index is 12.9. The Labute approximate surface area is 477 Å². The molecule has 6 heteroatoms. The first-order valence-corrected chi connectivity index (χ1v) is 32.7. The summed E-state index contributed by atoms with van der Waals surface area (Å²) in [5, 5.41) is 0. The van der Waals surface area contributed by atoms with Crippen LogP contribution in [0.15, 0.2) is 97.2 Å². The Bertz CT molecular complexity index is 1510. The molecule has 442 valence electrons. The van der Waals surface area contributed by atoms with Crippen LogP contribution in [0.5, 0.6) is 0 Å². The van der Waals surface area contributed by atoms with Crippen molar-refractivity contribution in [3.8, 4) is 0 Å². The monoisotopic (exact) mass is 1070 g/mol. The third-order valence-corrected chi connectivity index (χ3v) is 14.1. The third-order valence-electron chi connectivity index (χ3n) is 14.1.